The zero-order valence-corrected chi connectivity index (χ0v) is 11.8. The largest absolute Gasteiger partial charge is 0.493 e. The standard InChI is InChI=1S/C14H16N4O3/c1-3-21-11-7-5-4-6-10(11)8-9-12(19)15-13-16-14(20-2)18-17-13/h4-9H,3H2,1-2H3,(H2,15,16,17,18,19)/b9-8+. The van der Waals surface area contributed by atoms with Gasteiger partial charge in [-0.3, -0.25) is 10.1 Å². The molecule has 0 atom stereocenters. The van der Waals surface area contributed by atoms with Crippen LogP contribution in [-0.2, 0) is 4.79 Å². The van der Waals surface area contributed by atoms with Crippen molar-refractivity contribution in [3.05, 3.63) is 35.9 Å². The van der Waals surface area contributed by atoms with Crippen LogP contribution >= 0.6 is 0 Å². The number of aromatic nitrogens is 3. The number of benzene rings is 1. The average Bonchev–Trinajstić information content (AvgIpc) is 2.94. The van der Waals surface area contributed by atoms with E-state index in [1.54, 1.807) is 6.08 Å². The number of para-hydroxylation sites is 1. The predicted octanol–water partition coefficient (Wildman–Crippen LogP) is 1.86. The van der Waals surface area contributed by atoms with Crippen LogP contribution in [0.3, 0.4) is 0 Å². The van der Waals surface area contributed by atoms with Crippen molar-refractivity contribution in [2.24, 2.45) is 0 Å². The molecule has 0 unspecified atom stereocenters. The minimum absolute atomic E-state index is 0.163. The van der Waals surface area contributed by atoms with E-state index in [1.165, 1.54) is 13.2 Å². The number of hydrogen-bond donors (Lipinski definition) is 2. The van der Waals surface area contributed by atoms with E-state index in [4.69, 9.17) is 9.47 Å². The number of ether oxygens (including phenoxy) is 2. The van der Waals surface area contributed by atoms with Gasteiger partial charge in [0.1, 0.15) is 5.75 Å². The van der Waals surface area contributed by atoms with Crippen molar-refractivity contribution < 1.29 is 14.3 Å². The number of amides is 1. The summed E-state index contributed by atoms with van der Waals surface area (Å²) in [5.41, 5.74) is 0.824. The summed E-state index contributed by atoms with van der Waals surface area (Å²) in [4.78, 5) is 15.7. The number of rotatable bonds is 6. The van der Waals surface area contributed by atoms with Gasteiger partial charge in [-0.05, 0) is 19.1 Å². The van der Waals surface area contributed by atoms with Crippen LogP contribution in [0.1, 0.15) is 12.5 Å². The first-order chi connectivity index (χ1) is 10.2. The maximum atomic E-state index is 11.8. The second-order valence-corrected chi connectivity index (χ2v) is 3.96. The molecule has 7 heteroatoms. The molecule has 0 spiro atoms. The average molecular weight is 288 g/mol. The van der Waals surface area contributed by atoms with Gasteiger partial charge in [0.15, 0.2) is 0 Å². The van der Waals surface area contributed by atoms with E-state index >= 15 is 0 Å². The lowest BCUT2D eigenvalue weighted by Crippen LogP contribution is -2.09. The Labute approximate surface area is 122 Å². The third kappa shape index (κ3) is 4.07. The first-order valence-electron chi connectivity index (χ1n) is 6.40. The zero-order valence-electron chi connectivity index (χ0n) is 11.8. The molecule has 7 nitrogen and oxygen atoms in total. The normalized spacial score (nSPS) is 10.6. The molecule has 0 saturated heterocycles. The topological polar surface area (TPSA) is 89.1 Å². The summed E-state index contributed by atoms with van der Waals surface area (Å²) >= 11 is 0. The van der Waals surface area contributed by atoms with E-state index in [0.717, 1.165) is 11.3 Å². The van der Waals surface area contributed by atoms with Crippen molar-refractivity contribution in [3.63, 3.8) is 0 Å². The van der Waals surface area contributed by atoms with Gasteiger partial charge in [-0.2, -0.15) is 4.98 Å². The number of nitrogens with one attached hydrogen (secondary N) is 2. The summed E-state index contributed by atoms with van der Waals surface area (Å²) < 4.78 is 10.3. The summed E-state index contributed by atoms with van der Waals surface area (Å²) in [5.74, 6) is 0.616. The first kappa shape index (κ1) is 14.6. The number of carbonyl (C=O) groups is 1. The number of aromatic amines is 1. The van der Waals surface area contributed by atoms with Crippen LogP contribution in [0.4, 0.5) is 5.95 Å². The molecule has 1 aromatic carbocycles. The molecule has 0 aliphatic carbocycles. The summed E-state index contributed by atoms with van der Waals surface area (Å²) in [6, 6.07) is 7.63. The first-order valence-corrected chi connectivity index (χ1v) is 6.40. The predicted molar refractivity (Wildman–Crippen MR) is 78.2 cm³/mol. The van der Waals surface area contributed by atoms with Gasteiger partial charge in [-0.25, -0.2) is 5.10 Å². The van der Waals surface area contributed by atoms with Gasteiger partial charge in [-0.1, -0.05) is 18.2 Å². The van der Waals surface area contributed by atoms with Crippen molar-refractivity contribution in [1.29, 1.82) is 0 Å². The van der Waals surface area contributed by atoms with E-state index in [2.05, 4.69) is 20.5 Å². The van der Waals surface area contributed by atoms with Crippen LogP contribution in [0, 0.1) is 0 Å². The Balaban J connectivity index is 2.01. The van der Waals surface area contributed by atoms with Gasteiger partial charge in [0.25, 0.3) is 5.91 Å². The fraction of sp³-hybridized carbons (Fsp3) is 0.214. The molecule has 21 heavy (non-hydrogen) atoms. The Morgan fingerprint density at radius 2 is 2.24 bits per heavy atom. The Bertz CT molecular complexity index is 637. The Morgan fingerprint density at radius 3 is 2.95 bits per heavy atom. The monoisotopic (exact) mass is 288 g/mol. The Kier molecular flexibility index (Phi) is 4.92. The van der Waals surface area contributed by atoms with E-state index in [-0.39, 0.29) is 17.9 Å². The van der Waals surface area contributed by atoms with Crippen LogP contribution in [0.25, 0.3) is 6.08 Å². The van der Waals surface area contributed by atoms with E-state index in [0.29, 0.717) is 6.61 Å². The molecule has 2 rings (SSSR count). The molecular weight excluding hydrogens is 272 g/mol. The molecular formula is C14H16N4O3. The SMILES string of the molecule is CCOc1ccccc1/C=C/C(=O)Nc1nc(OC)n[nH]1. The number of methoxy groups -OCH3 is 1. The van der Waals surface area contributed by atoms with Gasteiger partial charge in [-0.15, -0.1) is 5.10 Å². The lowest BCUT2D eigenvalue weighted by atomic mass is 10.2. The molecule has 0 saturated carbocycles. The molecule has 0 radical (unpaired) electrons. The highest BCUT2D eigenvalue weighted by Crippen LogP contribution is 2.19. The van der Waals surface area contributed by atoms with Crippen LogP contribution in [0.15, 0.2) is 30.3 Å². The molecule has 2 N–H and O–H groups in total. The molecule has 0 aliphatic heterocycles. The maximum Gasteiger partial charge on any atom is 0.336 e. The number of nitrogens with zero attached hydrogens (tertiary/aromatic N) is 2. The lowest BCUT2D eigenvalue weighted by molar-refractivity contribution is -0.111. The van der Waals surface area contributed by atoms with Gasteiger partial charge < -0.3 is 9.47 Å². The molecule has 1 aromatic heterocycles. The smallest absolute Gasteiger partial charge is 0.336 e. The molecule has 0 bridgehead atoms. The molecule has 110 valence electrons. The molecule has 2 aromatic rings. The number of carbonyl (C=O) groups excluding carboxylic acids is 1. The van der Waals surface area contributed by atoms with Crippen LogP contribution < -0.4 is 14.8 Å². The molecule has 1 amide bonds. The lowest BCUT2D eigenvalue weighted by Gasteiger charge is -2.05. The highest BCUT2D eigenvalue weighted by Gasteiger charge is 2.05. The van der Waals surface area contributed by atoms with Crippen molar-refractivity contribution in [2.45, 2.75) is 6.92 Å². The van der Waals surface area contributed by atoms with Crippen LogP contribution in [0.2, 0.25) is 0 Å². The number of H-pyrrole nitrogens is 1. The van der Waals surface area contributed by atoms with Crippen molar-refractivity contribution in [2.75, 3.05) is 19.0 Å². The third-order valence-corrected chi connectivity index (χ3v) is 2.52. The Morgan fingerprint density at radius 1 is 1.43 bits per heavy atom. The fourth-order valence-corrected chi connectivity index (χ4v) is 1.62. The second-order valence-electron chi connectivity index (χ2n) is 3.96. The summed E-state index contributed by atoms with van der Waals surface area (Å²) in [6.45, 7) is 2.47. The van der Waals surface area contributed by atoms with E-state index in [1.807, 2.05) is 31.2 Å². The number of anilines is 1. The minimum atomic E-state index is -0.333. The summed E-state index contributed by atoms with van der Waals surface area (Å²) in [6.07, 6.45) is 3.07. The second kappa shape index (κ2) is 7.09. The highest BCUT2D eigenvalue weighted by molar-refractivity contribution is 6.01. The van der Waals surface area contributed by atoms with Crippen molar-refractivity contribution >= 4 is 17.9 Å². The summed E-state index contributed by atoms with van der Waals surface area (Å²) in [7, 11) is 1.44. The zero-order chi connectivity index (χ0) is 15.1. The van der Waals surface area contributed by atoms with E-state index < -0.39 is 0 Å². The van der Waals surface area contributed by atoms with Crippen LogP contribution in [0.5, 0.6) is 11.8 Å². The summed E-state index contributed by atoms with van der Waals surface area (Å²) in [5, 5.41) is 8.81. The van der Waals surface area contributed by atoms with Gasteiger partial charge in [0, 0.05) is 11.6 Å². The number of hydrogen-bond acceptors (Lipinski definition) is 5. The molecule has 0 aliphatic rings. The fourth-order valence-electron chi connectivity index (χ4n) is 1.62. The quantitative estimate of drug-likeness (QED) is 0.792. The molecule has 1 heterocycles. The van der Waals surface area contributed by atoms with Gasteiger partial charge in [0.05, 0.1) is 13.7 Å². The van der Waals surface area contributed by atoms with Gasteiger partial charge in [0.2, 0.25) is 5.95 Å². The highest BCUT2D eigenvalue weighted by atomic mass is 16.5. The van der Waals surface area contributed by atoms with Crippen LogP contribution in [-0.4, -0.2) is 34.8 Å². The van der Waals surface area contributed by atoms with Crippen molar-refractivity contribution in [1.82, 2.24) is 15.2 Å². The third-order valence-electron chi connectivity index (χ3n) is 2.52. The van der Waals surface area contributed by atoms with Crippen molar-refractivity contribution in [3.8, 4) is 11.8 Å². The maximum absolute atomic E-state index is 11.8. The Hall–Kier alpha value is -2.83. The van der Waals surface area contributed by atoms with Gasteiger partial charge >= 0.3 is 6.01 Å². The minimum Gasteiger partial charge on any atom is -0.493 e. The molecule has 0 fully saturated rings. The van der Waals surface area contributed by atoms with E-state index in [9.17, 15) is 4.79 Å².